The molecule has 1 aromatic heterocycles. The number of hydrogen-bond acceptors (Lipinski definition) is 6. The summed E-state index contributed by atoms with van der Waals surface area (Å²) in [5, 5.41) is 6.27. The predicted molar refractivity (Wildman–Crippen MR) is 124 cm³/mol. The van der Waals surface area contributed by atoms with Crippen LogP contribution in [-0.2, 0) is 4.79 Å². The van der Waals surface area contributed by atoms with Crippen molar-refractivity contribution in [3.05, 3.63) is 39.9 Å². The van der Waals surface area contributed by atoms with Crippen LogP contribution in [-0.4, -0.2) is 76.8 Å². The molecule has 2 aromatic rings. The van der Waals surface area contributed by atoms with E-state index in [0.717, 1.165) is 56.8 Å². The van der Waals surface area contributed by atoms with Gasteiger partial charge in [-0.05, 0) is 44.0 Å². The maximum Gasteiger partial charge on any atom is 0.274 e. The van der Waals surface area contributed by atoms with E-state index in [9.17, 15) is 9.59 Å². The Hall–Kier alpha value is -2.16. The van der Waals surface area contributed by atoms with E-state index in [1.807, 2.05) is 30.0 Å². The van der Waals surface area contributed by atoms with Crippen LogP contribution < -0.4 is 5.32 Å². The minimum atomic E-state index is -0.381. The molecule has 2 saturated heterocycles. The Labute approximate surface area is 192 Å². The van der Waals surface area contributed by atoms with E-state index in [4.69, 9.17) is 11.6 Å². The molecular formula is C22H28ClN5O2S. The molecule has 2 amide bonds. The molecule has 0 bridgehead atoms. The summed E-state index contributed by atoms with van der Waals surface area (Å²) in [6.07, 6.45) is 1.56. The molecule has 2 aliphatic rings. The molecule has 166 valence electrons. The molecule has 3 heterocycles. The number of hydrogen-bond donors (Lipinski definition) is 1. The normalized spacial score (nSPS) is 19.6. The summed E-state index contributed by atoms with van der Waals surface area (Å²) >= 11 is 7.47. The van der Waals surface area contributed by atoms with Crippen molar-refractivity contribution >= 4 is 45.6 Å². The zero-order valence-corrected chi connectivity index (χ0v) is 19.5. The van der Waals surface area contributed by atoms with Crippen molar-refractivity contribution in [2.24, 2.45) is 0 Å². The van der Waals surface area contributed by atoms with Crippen molar-refractivity contribution < 1.29 is 9.59 Å². The SMILES string of the molecule is CCN1CCN(C(=O)C2CCCN2C(=O)c2csc(Nc3cc(Cl)ccc3C)n2)CC1. The molecule has 1 aromatic carbocycles. The second-order valence-corrected chi connectivity index (χ2v) is 9.33. The van der Waals surface area contributed by atoms with Gasteiger partial charge in [-0.2, -0.15) is 0 Å². The van der Waals surface area contributed by atoms with Crippen LogP contribution in [0.3, 0.4) is 0 Å². The molecule has 0 saturated carbocycles. The van der Waals surface area contributed by atoms with E-state index in [1.165, 1.54) is 11.3 Å². The van der Waals surface area contributed by atoms with Crippen molar-refractivity contribution in [3.63, 3.8) is 0 Å². The van der Waals surface area contributed by atoms with Gasteiger partial charge in [0, 0.05) is 48.8 Å². The summed E-state index contributed by atoms with van der Waals surface area (Å²) in [7, 11) is 0. The zero-order chi connectivity index (χ0) is 22.0. The fraction of sp³-hybridized carbons (Fsp3) is 0.500. The van der Waals surface area contributed by atoms with Gasteiger partial charge in [0.05, 0.1) is 0 Å². The van der Waals surface area contributed by atoms with E-state index < -0.39 is 0 Å². The third kappa shape index (κ3) is 4.86. The van der Waals surface area contributed by atoms with Crippen LogP contribution in [0.15, 0.2) is 23.6 Å². The molecular weight excluding hydrogens is 434 g/mol. The number of nitrogens with one attached hydrogen (secondary N) is 1. The predicted octanol–water partition coefficient (Wildman–Crippen LogP) is 3.62. The number of anilines is 2. The van der Waals surface area contributed by atoms with Gasteiger partial charge in [0.15, 0.2) is 5.13 Å². The molecule has 2 aliphatic heterocycles. The molecule has 1 unspecified atom stereocenters. The molecule has 7 nitrogen and oxygen atoms in total. The molecule has 1 atom stereocenters. The number of aryl methyl sites for hydroxylation is 1. The number of piperazine rings is 1. The molecule has 0 spiro atoms. The third-order valence-electron chi connectivity index (χ3n) is 6.09. The summed E-state index contributed by atoms with van der Waals surface area (Å²) in [5.74, 6) is -0.0973. The number of thiazole rings is 1. The summed E-state index contributed by atoms with van der Waals surface area (Å²) in [5.41, 5.74) is 2.28. The Morgan fingerprint density at radius 3 is 2.74 bits per heavy atom. The van der Waals surface area contributed by atoms with E-state index in [-0.39, 0.29) is 17.9 Å². The highest BCUT2D eigenvalue weighted by molar-refractivity contribution is 7.14. The number of likely N-dealkylation sites (N-methyl/N-ethyl adjacent to an activating group) is 1. The average molecular weight is 462 g/mol. The number of carbonyl (C=O) groups is 2. The third-order valence-corrected chi connectivity index (χ3v) is 7.09. The average Bonchev–Trinajstić information content (AvgIpc) is 3.45. The quantitative estimate of drug-likeness (QED) is 0.736. The molecule has 1 N–H and O–H groups in total. The lowest BCUT2D eigenvalue weighted by molar-refractivity contribution is -0.137. The first-order valence-corrected chi connectivity index (χ1v) is 12.0. The number of carbonyl (C=O) groups excluding carboxylic acids is 2. The molecule has 0 radical (unpaired) electrons. The lowest BCUT2D eigenvalue weighted by Crippen LogP contribution is -2.54. The van der Waals surface area contributed by atoms with Crippen LogP contribution >= 0.6 is 22.9 Å². The summed E-state index contributed by atoms with van der Waals surface area (Å²) in [6.45, 7) is 8.98. The van der Waals surface area contributed by atoms with Crippen LogP contribution in [0.5, 0.6) is 0 Å². The van der Waals surface area contributed by atoms with Gasteiger partial charge in [-0.3, -0.25) is 9.59 Å². The fourth-order valence-corrected chi connectivity index (χ4v) is 5.05. The van der Waals surface area contributed by atoms with Crippen LogP contribution in [0.2, 0.25) is 5.02 Å². The number of likely N-dealkylation sites (tertiary alicyclic amines) is 1. The molecule has 2 fully saturated rings. The van der Waals surface area contributed by atoms with Crippen LogP contribution in [0.1, 0.15) is 35.8 Å². The lowest BCUT2D eigenvalue weighted by atomic mass is 10.1. The van der Waals surface area contributed by atoms with Crippen molar-refractivity contribution in [2.75, 3.05) is 44.6 Å². The Kier molecular flexibility index (Phi) is 6.79. The number of aromatic nitrogens is 1. The molecule has 4 rings (SSSR count). The standard InChI is InChI=1S/C22H28ClN5O2S/c1-3-26-9-11-27(12-10-26)21(30)19-5-4-8-28(19)20(29)18-14-31-22(25-18)24-17-13-16(23)7-6-15(17)2/h6-7,13-14,19H,3-5,8-12H2,1-2H3,(H,24,25). The monoisotopic (exact) mass is 461 g/mol. The van der Waals surface area contributed by atoms with Gasteiger partial charge in [-0.1, -0.05) is 24.6 Å². The number of rotatable bonds is 5. The van der Waals surface area contributed by atoms with Gasteiger partial charge < -0.3 is 20.0 Å². The van der Waals surface area contributed by atoms with E-state index >= 15 is 0 Å². The zero-order valence-electron chi connectivity index (χ0n) is 17.9. The van der Waals surface area contributed by atoms with E-state index in [2.05, 4.69) is 22.1 Å². The maximum atomic E-state index is 13.2. The highest BCUT2D eigenvalue weighted by Crippen LogP contribution is 2.28. The first kappa shape index (κ1) is 22.0. The number of nitrogens with zero attached hydrogens (tertiary/aromatic N) is 4. The summed E-state index contributed by atoms with van der Waals surface area (Å²) in [4.78, 5) is 36.8. The van der Waals surface area contributed by atoms with Crippen molar-refractivity contribution in [3.8, 4) is 0 Å². The Bertz CT molecular complexity index is 957. The topological polar surface area (TPSA) is 68.8 Å². The first-order chi connectivity index (χ1) is 15.0. The second-order valence-electron chi connectivity index (χ2n) is 8.04. The van der Waals surface area contributed by atoms with E-state index in [1.54, 1.807) is 10.3 Å². The number of amides is 2. The minimum Gasteiger partial charge on any atom is -0.338 e. The lowest BCUT2D eigenvalue weighted by Gasteiger charge is -2.36. The number of benzene rings is 1. The van der Waals surface area contributed by atoms with Crippen molar-refractivity contribution in [2.45, 2.75) is 32.7 Å². The largest absolute Gasteiger partial charge is 0.338 e. The summed E-state index contributed by atoms with van der Waals surface area (Å²) in [6, 6.07) is 5.23. The highest BCUT2D eigenvalue weighted by atomic mass is 35.5. The second kappa shape index (κ2) is 9.54. The minimum absolute atomic E-state index is 0.0738. The van der Waals surface area contributed by atoms with Crippen LogP contribution in [0, 0.1) is 6.92 Å². The van der Waals surface area contributed by atoms with Crippen molar-refractivity contribution in [1.82, 2.24) is 19.7 Å². The molecule has 9 heteroatoms. The highest BCUT2D eigenvalue weighted by Gasteiger charge is 2.38. The van der Waals surface area contributed by atoms with Gasteiger partial charge in [0.25, 0.3) is 5.91 Å². The smallest absolute Gasteiger partial charge is 0.274 e. The Morgan fingerprint density at radius 2 is 2.00 bits per heavy atom. The first-order valence-electron chi connectivity index (χ1n) is 10.8. The van der Waals surface area contributed by atoms with Gasteiger partial charge in [0.2, 0.25) is 5.91 Å². The molecule has 31 heavy (non-hydrogen) atoms. The van der Waals surface area contributed by atoms with E-state index in [0.29, 0.717) is 22.4 Å². The van der Waals surface area contributed by atoms with Gasteiger partial charge >= 0.3 is 0 Å². The van der Waals surface area contributed by atoms with Gasteiger partial charge in [0.1, 0.15) is 11.7 Å². The molecule has 0 aliphatic carbocycles. The maximum absolute atomic E-state index is 13.2. The van der Waals surface area contributed by atoms with Crippen LogP contribution in [0.4, 0.5) is 10.8 Å². The van der Waals surface area contributed by atoms with Crippen molar-refractivity contribution in [1.29, 1.82) is 0 Å². The van der Waals surface area contributed by atoms with Crippen LogP contribution in [0.25, 0.3) is 0 Å². The van der Waals surface area contributed by atoms with Gasteiger partial charge in [-0.25, -0.2) is 4.98 Å². The fourth-order valence-electron chi connectivity index (χ4n) is 4.18. The Morgan fingerprint density at radius 1 is 1.23 bits per heavy atom. The number of halogens is 1. The summed E-state index contributed by atoms with van der Waals surface area (Å²) < 4.78 is 0. The Balaban J connectivity index is 1.43. The van der Waals surface area contributed by atoms with Gasteiger partial charge in [-0.15, -0.1) is 11.3 Å².